The van der Waals surface area contributed by atoms with E-state index in [9.17, 15) is 23.1 Å². The Morgan fingerprint density at radius 3 is 2.61 bits per heavy atom. The zero-order chi connectivity index (χ0) is 16.8. The molecule has 2 aromatic carbocycles. The number of aliphatic hydroxyl groups excluding tert-OH is 1. The molecule has 7 heteroatoms. The molecule has 0 aliphatic carbocycles. The fraction of sp³-hybridized carbons (Fsp3) is 0.188. The number of ether oxygens (including phenoxy) is 1. The molecule has 0 aliphatic rings. The first-order valence-corrected chi connectivity index (χ1v) is 6.73. The Hall–Kier alpha value is -2.54. The molecular formula is C16H14F3NO3. The van der Waals surface area contributed by atoms with Crippen molar-refractivity contribution in [1.82, 2.24) is 5.32 Å². The number of nitrogens with one attached hydrogen (secondary N) is 1. The molecule has 1 atom stereocenters. The lowest BCUT2D eigenvalue weighted by Crippen LogP contribution is -2.28. The molecule has 0 bridgehead atoms. The van der Waals surface area contributed by atoms with Crippen LogP contribution in [0.25, 0.3) is 0 Å². The minimum absolute atomic E-state index is 0.0579. The zero-order valence-electron chi connectivity index (χ0n) is 11.9. The average molecular weight is 325 g/mol. The van der Waals surface area contributed by atoms with E-state index in [4.69, 9.17) is 0 Å². The molecule has 0 spiro atoms. The molecule has 0 radical (unpaired) electrons. The summed E-state index contributed by atoms with van der Waals surface area (Å²) < 4.78 is 42.0. The smallest absolute Gasteiger partial charge is 0.387 e. The Morgan fingerprint density at radius 2 is 1.91 bits per heavy atom. The predicted molar refractivity (Wildman–Crippen MR) is 76.8 cm³/mol. The number of benzene rings is 2. The van der Waals surface area contributed by atoms with Crippen molar-refractivity contribution in [3.8, 4) is 5.75 Å². The highest BCUT2D eigenvalue weighted by molar-refractivity contribution is 5.94. The molecule has 2 N–H and O–H groups in total. The monoisotopic (exact) mass is 325 g/mol. The summed E-state index contributed by atoms with van der Waals surface area (Å²) >= 11 is 0. The van der Waals surface area contributed by atoms with Gasteiger partial charge in [0.25, 0.3) is 5.91 Å². The van der Waals surface area contributed by atoms with Crippen LogP contribution >= 0.6 is 0 Å². The van der Waals surface area contributed by atoms with E-state index in [2.05, 4.69) is 10.1 Å². The quantitative estimate of drug-likeness (QED) is 0.858. The van der Waals surface area contributed by atoms with Gasteiger partial charge < -0.3 is 15.2 Å². The number of hydrogen-bond acceptors (Lipinski definition) is 3. The first-order valence-electron chi connectivity index (χ1n) is 6.73. The van der Waals surface area contributed by atoms with Crippen LogP contribution in [0.15, 0.2) is 48.5 Å². The Labute approximate surface area is 130 Å². The van der Waals surface area contributed by atoms with Crippen LogP contribution in [0.4, 0.5) is 13.2 Å². The molecule has 23 heavy (non-hydrogen) atoms. The highest BCUT2D eigenvalue weighted by Gasteiger charge is 2.15. The van der Waals surface area contributed by atoms with Gasteiger partial charge in [0.15, 0.2) is 0 Å². The van der Waals surface area contributed by atoms with Gasteiger partial charge in [0.1, 0.15) is 11.6 Å². The first-order chi connectivity index (χ1) is 11.0. The van der Waals surface area contributed by atoms with Gasteiger partial charge in [-0.15, -0.1) is 0 Å². The fourth-order valence-electron chi connectivity index (χ4n) is 1.96. The number of amides is 1. The van der Waals surface area contributed by atoms with Crippen LogP contribution in [0.2, 0.25) is 0 Å². The molecule has 2 aromatic rings. The van der Waals surface area contributed by atoms with Gasteiger partial charge in [0.2, 0.25) is 0 Å². The number of rotatable bonds is 6. The maximum atomic E-state index is 13.5. The molecule has 122 valence electrons. The third-order valence-electron chi connectivity index (χ3n) is 3.04. The van der Waals surface area contributed by atoms with Crippen LogP contribution in [0.3, 0.4) is 0 Å². The number of carbonyl (C=O) groups excluding carboxylic acids is 1. The van der Waals surface area contributed by atoms with Crippen molar-refractivity contribution in [2.45, 2.75) is 12.7 Å². The third-order valence-corrected chi connectivity index (χ3v) is 3.04. The Morgan fingerprint density at radius 1 is 1.17 bits per heavy atom. The van der Waals surface area contributed by atoms with Gasteiger partial charge in [-0.2, -0.15) is 8.78 Å². The Balaban J connectivity index is 1.98. The van der Waals surface area contributed by atoms with E-state index in [0.717, 1.165) is 6.07 Å². The number of alkyl halides is 2. The van der Waals surface area contributed by atoms with Crippen molar-refractivity contribution in [2.24, 2.45) is 0 Å². The van der Waals surface area contributed by atoms with E-state index in [0.29, 0.717) is 0 Å². The van der Waals surface area contributed by atoms with Gasteiger partial charge in [-0.3, -0.25) is 4.79 Å². The van der Waals surface area contributed by atoms with Crippen LogP contribution in [-0.2, 0) is 0 Å². The van der Waals surface area contributed by atoms with Gasteiger partial charge in [-0.1, -0.05) is 24.3 Å². The summed E-state index contributed by atoms with van der Waals surface area (Å²) in [7, 11) is 0. The molecular weight excluding hydrogens is 311 g/mol. The van der Waals surface area contributed by atoms with Gasteiger partial charge >= 0.3 is 6.61 Å². The summed E-state index contributed by atoms with van der Waals surface area (Å²) in [6, 6.07) is 10.9. The molecule has 1 amide bonds. The van der Waals surface area contributed by atoms with Gasteiger partial charge in [-0.05, 0) is 24.3 Å². The molecule has 4 nitrogen and oxygen atoms in total. The summed E-state index contributed by atoms with van der Waals surface area (Å²) in [5.41, 5.74) is 0.145. The zero-order valence-corrected chi connectivity index (χ0v) is 11.9. The van der Waals surface area contributed by atoms with Crippen LogP contribution in [0.5, 0.6) is 5.75 Å². The van der Waals surface area contributed by atoms with Crippen LogP contribution < -0.4 is 10.1 Å². The summed E-state index contributed by atoms with van der Waals surface area (Å²) in [6.07, 6.45) is -1.22. The molecule has 0 heterocycles. The van der Waals surface area contributed by atoms with E-state index < -0.39 is 24.4 Å². The molecule has 1 unspecified atom stereocenters. The molecule has 2 rings (SSSR count). The van der Waals surface area contributed by atoms with Crippen LogP contribution in [0.1, 0.15) is 22.0 Å². The van der Waals surface area contributed by atoms with Crippen molar-refractivity contribution >= 4 is 5.91 Å². The Kier molecular flexibility index (Phi) is 5.59. The van der Waals surface area contributed by atoms with Crippen molar-refractivity contribution in [2.75, 3.05) is 6.54 Å². The summed E-state index contributed by atoms with van der Waals surface area (Å²) in [5.74, 6) is -1.33. The van der Waals surface area contributed by atoms with Crippen LogP contribution in [0, 0.1) is 5.82 Å². The molecule has 0 fully saturated rings. The largest absolute Gasteiger partial charge is 0.435 e. The SMILES string of the molecule is O=C(NCC(O)c1ccccc1F)c1cccc(OC(F)F)c1. The van der Waals surface area contributed by atoms with Crippen LogP contribution in [-0.4, -0.2) is 24.2 Å². The number of aliphatic hydroxyl groups is 1. The summed E-state index contributed by atoms with van der Waals surface area (Å²) in [6.45, 7) is -3.21. The Bertz CT molecular complexity index is 679. The second-order valence-corrected chi connectivity index (χ2v) is 4.65. The standard InChI is InChI=1S/C16H14F3NO3/c17-13-7-2-1-6-12(13)14(21)9-20-15(22)10-4-3-5-11(8-10)23-16(18)19/h1-8,14,16,21H,9H2,(H,20,22). The lowest BCUT2D eigenvalue weighted by molar-refractivity contribution is -0.0498. The van der Waals surface area contributed by atoms with Gasteiger partial charge in [0.05, 0.1) is 6.10 Å². The lowest BCUT2D eigenvalue weighted by Gasteiger charge is -2.13. The molecule has 0 saturated heterocycles. The van der Waals surface area contributed by atoms with Crippen molar-refractivity contribution < 1.29 is 27.8 Å². The fourth-order valence-corrected chi connectivity index (χ4v) is 1.96. The minimum atomic E-state index is -2.99. The number of hydrogen-bond donors (Lipinski definition) is 2. The van der Waals surface area contributed by atoms with Crippen molar-refractivity contribution in [3.05, 3.63) is 65.5 Å². The van der Waals surface area contributed by atoms with E-state index in [-0.39, 0.29) is 23.4 Å². The third kappa shape index (κ3) is 4.72. The first kappa shape index (κ1) is 16.8. The topological polar surface area (TPSA) is 58.6 Å². The van der Waals surface area contributed by atoms with E-state index >= 15 is 0 Å². The second kappa shape index (κ2) is 7.64. The van der Waals surface area contributed by atoms with Crippen molar-refractivity contribution in [3.63, 3.8) is 0 Å². The van der Waals surface area contributed by atoms with Gasteiger partial charge in [-0.25, -0.2) is 4.39 Å². The summed E-state index contributed by atoms with van der Waals surface area (Å²) in [4.78, 5) is 11.9. The van der Waals surface area contributed by atoms with E-state index in [1.54, 1.807) is 6.07 Å². The molecule has 0 aromatic heterocycles. The average Bonchev–Trinajstić information content (AvgIpc) is 2.52. The minimum Gasteiger partial charge on any atom is -0.435 e. The lowest BCUT2D eigenvalue weighted by atomic mass is 10.1. The van der Waals surface area contributed by atoms with Crippen molar-refractivity contribution in [1.29, 1.82) is 0 Å². The maximum Gasteiger partial charge on any atom is 0.387 e. The number of halogens is 3. The normalized spacial score (nSPS) is 12.0. The second-order valence-electron chi connectivity index (χ2n) is 4.65. The number of carbonyl (C=O) groups is 1. The molecule has 0 saturated carbocycles. The summed E-state index contributed by atoms with van der Waals surface area (Å²) in [5, 5.41) is 12.3. The highest BCUT2D eigenvalue weighted by atomic mass is 19.3. The van der Waals surface area contributed by atoms with Gasteiger partial charge in [0, 0.05) is 17.7 Å². The van der Waals surface area contributed by atoms with E-state index in [1.807, 2.05) is 0 Å². The van der Waals surface area contributed by atoms with E-state index in [1.165, 1.54) is 36.4 Å². The molecule has 0 aliphatic heterocycles. The maximum absolute atomic E-state index is 13.5. The highest BCUT2D eigenvalue weighted by Crippen LogP contribution is 2.17. The predicted octanol–water partition coefficient (Wildman–Crippen LogP) is 2.89.